The van der Waals surface area contributed by atoms with Crippen LogP contribution in [-0.4, -0.2) is 0 Å². The Morgan fingerprint density at radius 3 is 2.10 bits per heavy atom. The van der Waals surface area contributed by atoms with E-state index in [-0.39, 0.29) is 0 Å². The molecule has 0 saturated heterocycles. The average Bonchev–Trinajstić information content (AvgIpc) is 2.90. The molecule has 2 aromatic rings. The van der Waals surface area contributed by atoms with Crippen molar-refractivity contribution < 1.29 is 0 Å². The monoisotopic (exact) mass is 302 g/mol. The van der Waals surface area contributed by atoms with Gasteiger partial charge in [0.2, 0.25) is 0 Å². The van der Waals surface area contributed by atoms with Gasteiger partial charge in [0.05, 0.1) is 0 Å². The molecule has 1 aliphatic carbocycles. The van der Waals surface area contributed by atoms with E-state index in [4.69, 9.17) is 0 Å². The highest BCUT2D eigenvalue weighted by Crippen LogP contribution is 2.49. The van der Waals surface area contributed by atoms with Crippen molar-refractivity contribution in [2.45, 2.75) is 66.7 Å². The Kier molecular flexibility index (Phi) is 7.17. The Morgan fingerprint density at radius 1 is 0.952 bits per heavy atom. The minimum Gasteiger partial charge on any atom is -0.140 e. The number of fused-ring (bicyclic) bond motifs is 3. The molecule has 21 heavy (non-hydrogen) atoms. The van der Waals surface area contributed by atoms with Gasteiger partial charge in [-0.2, -0.15) is 0 Å². The Labute approximate surface area is 135 Å². The molecule has 0 nitrogen and oxygen atoms in total. The quantitative estimate of drug-likeness (QED) is 0.476. The van der Waals surface area contributed by atoms with Crippen molar-refractivity contribution >= 4 is 11.3 Å². The van der Waals surface area contributed by atoms with Gasteiger partial charge in [0.25, 0.3) is 0 Å². The molecule has 1 aliphatic rings. The predicted octanol–water partition coefficient (Wildman–Crippen LogP) is 7.39. The largest absolute Gasteiger partial charge is 0.140 e. The first-order chi connectivity index (χ1) is 10.1. The summed E-state index contributed by atoms with van der Waals surface area (Å²) >= 11 is 1.94. The minimum absolute atomic E-state index is 0.637. The summed E-state index contributed by atoms with van der Waals surface area (Å²) in [6.07, 6.45) is 1.25. The van der Waals surface area contributed by atoms with E-state index in [0.29, 0.717) is 11.8 Å². The average molecular weight is 303 g/mol. The van der Waals surface area contributed by atoms with Gasteiger partial charge in [0.1, 0.15) is 0 Å². The first kappa shape index (κ1) is 18.0. The maximum absolute atomic E-state index is 2.37. The number of aryl methyl sites for hydroxylation is 1. The van der Waals surface area contributed by atoms with E-state index >= 15 is 0 Å². The zero-order valence-corrected chi connectivity index (χ0v) is 15.5. The summed E-state index contributed by atoms with van der Waals surface area (Å²) in [5.74, 6) is 1.28. The van der Waals surface area contributed by atoms with Crippen molar-refractivity contribution in [3.63, 3.8) is 0 Å². The van der Waals surface area contributed by atoms with Crippen molar-refractivity contribution in [1.29, 1.82) is 0 Å². The van der Waals surface area contributed by atoms with Crippen LogP contribution in [-0.2, 0) is 0 Å². The third-order valence-electron chi connectivity index (χ3n) is 3.82. The molecule has 0 amide bonds. The van der Waals surface area contributed by atoms with E-state index in [1.54, 1.807) is 5.56 Å². The van der Waals surface area contributed by atoms with E-state index in [1.165, 1.54) is 27.3 Å². The lowest BCUT2D eigenvalue weighted by Gasteiger charge is -2.28. The van der Waals surface area contributed by atoms with Gasteiger partial charge in [-0.1, -0.05) is 72.2 Å². The summed E-state index contributed by atoms with van der Waals surface area (Å²) in [7, 11) is 0. The lowest BCUT2D eigenvalue weighted by Crippen LogP contribution is -2.10. The summed E-state index contributed by atoms with van der Waals surface area (Å²) in [4.78, 5) is 2.93. The Morgan fingerprint density at radius 2 is 1.48 bits per heavy atom. The molecule has 1 aromatic carbocycles. The van der Waals surface area contributed by atoms with Crippen molar-refractivity contribution in [1.82, 2.24) is 0 Å². The Hall–Kier alpha value is -1.08. The van der Waals surface area contributed by atoms with Gasteiger partial charge in [0, 0.05) is 9.75 Å². The second kappa shape index (κ2) is 8.38. The van der Waals surface area contributed by atoms with E-state index < -0.39 is 0 Å². The minimum atomic E-state index is 0.637. The number of benzene rings is 1. The maximum atomic E-state index is 2.37. The van der Waals surface area contributed by atoms with Crippen LogP contribution in [0.15, 0.2) is 30.3 Å². The molecule has 3 rings (SSSR count). The van der Waals surface area contributed by atoms with Gasteiger partial charge < -0.3 is 0 Å². The molecule has 1 heteroatoms. The van der Waals surface area contributed by atoms with Crippen molar-refractivity contribution in [3.05, 3.63) is 46.3 Å². The highest BCUT2D eigenvalue weighted by molar-refractivity contribution is 7.15. The van der Waals surface area contributed by atoms with Crippen LogP contribution in [0.4, 0.5) is 0 Å². The second-order valence-corrected chi connectivity index (χ2v) is 6.77. The lowest BCUT2D eigenvalue weighted by atomic mass is 9.76. The fraction of sp³-hybridized carbons (Fsp3) is 0.500. The number of thiophene rings is 1. The molecular weight excluding hydrogens is 272 g/mol. The van der Waals surface area contributed by atoms with Gasteiger partial charge in [-0.05, 0) is 41.5 Å². The Bertz CT molecular complexity index is 551. The molecule has 1 heterocycles. The normalized spacial score (nSPS) is 18.4. The lowest BCUT2D eigenvalue weighted by molar-refractivity contribution is 0.618. The number of hydrogen-bond acceptors (Lipinski definition) is 1. The van der Waals surface area contributed by atoms with E-state index in [1.807, 2.05) is 25.2 Å². The standard InChI is InChI=1S/C15H16S.C3H8.C2H6/c1-9-8-14-11(3)10(2)12-6-4-5-7-13(12)15(14)16-9;1-3-2;1-2/h4-8,10-11H,1-3H3;3H2,1-2H3;1-2H3. The van der Waals surface area contributed by atoms with Crippen molar-refractivity contribution in [2.75, 3.05) is 0 Å². The third kappa shape index (κ3) is 3.77. The Balaban J connectivity index is 0.000000395. The van der Waals surface area contributed by atoms with Gasteiger partial charge in [0.15, 0.2) is 0 Å². The molecule has 0 spiro atoms. The van der Waals surface area contributed by atoms with E-state index in [9.17, 15) is 0 Å². The van der Waals surface area contributed by atoms with Crippen LogP contribution in [0.1, 0.15) is 75.8 Å². The van der Waals surface area contributed by atoms with Crippen LogP contribution >= 0.6 is 11.3 Å². The molecule has 0 saturated carbocycles. The first-order valence-corrected chi connectivity index (χ1v) is 9.11. The summed E-state index contributed by atoms with van der Waals surface area (Å²) in [5.41, 5.74) is 4.53. The zero-order chi connectivity index (χ0) is 16.0. The highest BCUT2D eigenvalue weighted by atomic mass is 32.1. The van der Waals surface area contributed by atoms with Crippen LogP contribution in [0.5, 0.6) is 0 Å². The molecular formula is C20H30S. The molecule has 0 bridgehead atoms. The van der Waals surface area contributed by atoms with Crippen LogP contribution < -0.4 is 0 Å². The number of rotatable bonds is 0. The first-order valence-electron chi connectivity index (χ1n) is 8.29. The maximum Gasteiger partial charge on any atom is 0.0383 e. The van der Waals surface area contributed by atoms with Crippen LogP contribution in [0.2, 0.25) is 0 Å². The molecule has 116 valence electrons. The van der Waals surface area contributed by atoms with Crippen LogP contribution in [0, 0.1) is 6.92 Å². The zero-order valence-electron chi connectivity index (χ0n) is 14.7. The summed E-state index contributed by atoms with van der Waals surface area (Å²) in [6, 6.07) is 11.2. The molecule has 0 aliphatic heterocycles. The molecule has 1 aromatic heterocycles. The fourth-order valence-corrected chi connectivity index (χ4v) is 3.89. The molecule has 0 N–H and O–H groups in total. The molecule has 2 unspecified atom stereocenters. The summed E-state index contributed by atoms with van der Waals surface area (Å²) in [5, 5.41) is 0. The molecule has 2 atom stereocenters. The number of hydrogen-bond donors (Lipinski definition) is 0. The summed E-state index contributed by atoms with van der Waals surface area (Å²) < 4.78 is 0. The third-order valence-corrected chi connectivity index (χ3v) is 4.92. The van der Waals surface area contributed by atoms with Gasteiger partial charge in [-0.25, -0.2) is 0 Å². The van der Waals surface area contributed by atoms with Gasteiger partial charge in [-0.3, -0.25) is 0 Å². The van der Waals surface area contributed by atoms with E-state index in [0.717, 1.165) is 0 Å². The SMILES string of the molecule is CC.CCC.Cc1cc2c(s1)-c1ccccc1C(C)C2C. The molecule has 0 radical (unpaired) electrons. The molecule has 0 fully saturated rings. The van der Waals surface area contributed by atoms with Gasteiger partial charge >= 0.3 is 0 Å². The fourth-order valence-electron chi connectivity index (χ4n) is 2.72. The van der Waals surface area contributed by atoms with Gasteiger partial charge in [-0.15, -0.1) is 11.3 Å². The van der Waals surface area contributed by atoms with Crippen molar-refractivity contribution in [2.24, 2.45) is 0 Å². The van der Waals surface area contributed by atoms with Crippen LogP contribution in [0.3, 0.4) is 0 Å². The van der Waals surface area contributed by atoms with Crippen molar-refractivity contribution in [3.8, 4) is 10.4 Å². The highest BCUT2D eigenvalue weighted by Gasteiger charge is 2.28. The summed E-state index contributed by atoms with van der Waals surface area (Å²) in [6.45, 7) is 15.2. The van der Waals surface area contributed by atoms with E-state index in [2.05, 4.69) is 65.0 Å². The predicted molar refractivity (Wildman–Crippen MR) is 98.6 cm³/mol. The smallest absolute Gasteiger partial charge is 0.0383 e. The van der Waals surface area contributed by atoms with Crippen LogP contribution in [0.25, 0.3) is 10.4 Å². The second-order valence-electron chi connectivity index (χ2n) is 5.51. The topological polar surface area (TPSA) is 0 Å².